The molecule has 0 saturated heterocycles. The van der Waals surface area contributed by atoms with Crippen LogP contribution in [0, 0.1) is 6.92 Å². The van der Waals surface area contributed by atoms with Crippen LogP contribution in [0.3, 0.4) is 0 Å². The van der Waals surface area contributed by atoms with Crippen LogP contribution in [-0.4, -0.2) is 26.6 Å². The molecule has 0 aromatic heterocycles. The van der Waals surface area contributed by atoms with Gasteiger partial charge in [0.2, 0.25) is 0 Å². The zero-order valence-corrected chi connectivity index (χ0v) is 13.1. The third-order valence-corrected chi connectivity index (χ3v) is 4.94. The molecule has 2 rings (SSSR count). The molecule has 0 spiro atoms. The first kappa shape index (κ1) is 16.0. The first-order valence-corrected chi connectivity index (χ1v) is 8.40. The van der Waals surface area contributed by atoms with Crippen LogP contribution < -0.4 is 0 Å². The number of carbonyl (C=O) groups is 1. The molecule has 0 amide bonds. The summed E-state index contributed by atoms with van der Waals surface area (Å²) in [4.78, 5) is 11.3. The number of ether oxygens (including phenoxy) is 1. The van der Waals surface area contributed by atoms with Crippen molar-refractivity contribution in [1.29, 1.82) is 0 Å². The Hall–Kier alpha value is -1.40. The van der Waals surface area contributed by atoms with E-state index in [0.717, 1.165) is 18.4 Å². The SMILES string of the molecule is CC(=O)OC1(COS(=O)(=O)c2ccc(C)cc2)CCCC1. The Bertz CT molecular complexity index is 597. The fourth-order valence-electron chi connectivity index (χ4n) is 2.56. The largest absolute Gasteiger partial charge is 0.457 e. The van der Waals surface area contributed by atoms with E-state index in [1.54, 1.807) is 12.1 Å². The van der Waals surface area contributed by atoms with E-state index in [2.05, 4.69) is 0 Å². The Labute approximate surface area is 125 Å². The first-order valence-electron chi connectivity index (χ1n) is 6.99. The molecule has 21 heavy (non-hydrogen) atoms. The van der Waals surface area contributed by atoms with Gasteiger partial charge in [-0.1, -0.05) is 17.7 Å². The van der Waals surface area contributed by atoms with Crippen molar-refractivity contribution in [2.75, 3.05) is 6.61 Å². The highest BCUT2D eigenvalue weighted by Gasteiger charge is 2.39. The average molecular weight is 312 g/mol. The molecule has 0 bridgehead atoms. The van der Waals surface area contributed by atoms with Crippen LogP contribution in [-0.2, 0) is 23.8 Å². The number of carbonyl (C=O) groups excluding carboxylic acids is 1. The van der Waals surface area contributed by atoms with E-state index in [9.17, 15) is 13.2 Å². The topological polar surface area (TPSA) is 69.7 Å². The molecule has 0 N–H and O–H groups in total. The Kier molecular flexibility index (Phi) is 4.68. The van der Waals surface area contributed by atoms with Crippen LogP contribution in [0.25, 0.3) is 0 Å². The van der Waals surface area contributed by atoms with Gasteiger partial charge in [-0.15, -0.1) is 0 Å². The molecule has 0 heterocycles. The van der Waals surface area contributed by atoms with Crippen molar-refractivity contribution in [2.45, 2.75) is 50.0 Å². The predicted molar refractivity (Wildman–Crippen MR) is 77.3 cm³/mol. The Morgan fingerprint density at radius 1 is 1.19 bits per heavy atom. The zero-order valence-electron chi connectivity index (χ0n) is 12.3. The van der Waals surface area contributed by atoms with Gasteiger partial charge in [0.15, 0.2) is 0 Å². The first-order chi connectivity index (χ1) is 9.83. The van der Waals surface area contributed by atoms with E-state index in [1.807, 2.05) is 6.92 Å². The van der Waals surface area contributed by atoms with Gasteiger partial charge < -0.3 is 4.74 Å². The molecule has 1 aromatic rings. The van der Waals surface area contributed by atoms with Crippen LogP contribution in [0.5, 0.6) is 0 Å². The lowest BCUT2D eigenvalue weighted by molar-refractivity contribution is -0.159. The molecule has 116 valence electrons. The van der Waals surface area contributed by atoms with Gasteiger partial charge in [-0.2, -0.15) is 8.42 Å². The summed E-state index contributed by atoms with van der Waals surface area (Å²) in [6.07, 6.45) is 3.08. The third kappa shape index (κ3) is 4.04. The molecule has 1 fully saturated rings. The Morgan fingerprint density at radius 2 is 1.76 bits per heavy atom. The van der Waals surface area contributed by atoms with Gasteiger partial charge in [-0.25, -0.2) is 0 Å². The second-order valence-electron chi connectivity index (χ2n) is 5.51. The summed E-state index contributed by atoms with van der Waals surface area (Å²) < 4.78 is 34.8. The van der Waals surface area contributed by atoms with Gasteiger partial charge in [0.05, 0.1) is 4.90 Å². The molecule has 0 atom stereocenters. The molecule has 0 unspecified atom stereocenters. The highest BCUT2D eigenvalue weighted by Crippen LogP contribution is 2.34. The minimum absolute atomic E-state index is 0.115. The lowest BCUT2D eigenvalue weighted by Gasteiger charge is -2.27. The Balaban J connectivity index is 2.09. The quantitative estimate of drug-likeness (QED) is 0.617. The summed E-state index contributed by atoms with van der Waals surface area (Å²) >= 11 is 0. The van der Waals surface area contributed by atoms with Crippen molar-refractivity contribution in [1.82, 2.24) is 0 Å². The van der Waals surface area contributed by atoms with E-state index in [-0.39, 0.29) is 11.5 Å². The number of hydrogen-bond acceptors (Lipinski definition) is 5. The van der Waals surface area contributed by atoms with Crippen molar-refractivity contribution < 1.29 is 22.1 Å². The summed E-state index contributed by atoms with van der Waals surface area (Å²) in [5.41, 5.74) is 0.171. The summed E-state index contributed by atoms with van der Waals surface area (Å²) in [6.45, 7) is 3.09. The van der Waals surface area contributed by atoms with Crippen LogP contribution in [0.2, 0.25) is 0 Å². The number of aryl methyl sites for hydroxylation is 1. The standard InChI is InChI=1S/C15H20O5S/c1-12-5-7-14(8-6-12)21(17,18)19-11-15(20-13(2)16)9-3-4-10-15/h5-8H,3-4,9-11H2,1-2H3. The molecule has 1 aromatic carbocycles. The maximum absolute atomic E-state index is 12.2. The molecule has 0 aliphatic heterocycles. The number of esters is 1. The normalized spacial score (nSPS) is 17.6. The summed E-state index contributed by atoms with van der Waals surface area (Å²) in [5.74, 6) is -0.409. The van der Waals surface area contributed by atoms with Crippen LogP contribution in [0.4, 0.5) is 0 Å². The highest BCUT2D eigenvalue weighted by atomic mass is 32.2. The lowest BCUT2D eigenvalue weighted by atomic mass is 10.0. The maximum atomic E-state index is 12.2. The fraction of sp³-hybridized carbons (Fsp3) is 0.533. The van der Waals surface area contributed by atoms with Crippen LogP contribution >= 0.6 is 0 Å². The van der Waals surface area contributed by atoms with Crippen molar-refractivity contribution in [3.63, 3.8) is 0 Å². The van der Waals surface area contributed by atoms with E-state index < -0.39 is 21.7 Å². The molecule has 1 saturated carbocycles. The van der Waals surface area contributed by atoms with Gasteiger partial charge in [0, 0.05) is 6.92 Å². The number of rotatable bonds is 5. The summed E-state index contributed by atoms with van der Waals surface area (Å²) in [5, 5.41) is 0. The molecule has 1 aliphatic carbocycles. The van der Waals surface area contributed by atoms with Gasteiger partial charge in [0.1, 0.15) is 12.2 Å². The smallest absolute Gasteiger partial charge is 0.303 e. The van der Waals surface area contributed by atoms with Crippen molar-refractivity contribution in [3.8, 4) is 0 Å². The van der Waals surface area contributed by atoms with E-state index in [4.69, 9.17) is 8.92 Å². The lowest BCUT2D eigenvalue weighted by Crippen LogP contribution is -2.37. The van der Waals surface area contributed by atoms with E-state index in [0.29, 0.717) is 12.8 Å². The zero-order chi connectivity index (χ0) is 15.5. The van der Waals surface area contributed by atoms with Crippen LogP contribution in [0.15, 0.2) is 29.2 Å². The van der Waals surface area contributed by atoms with E-state index in [1.165, 1.54) is 19.1 Å². The minimum Gasteiger partial charge on any atom is -0.457 e. The molecule has 6 heteroatoms. The van der Waals surface area contributed by atoms with Crippen molar-refractivity contribution >= 4 is 16.1 Å². The fourth-order valence-corrected chi connectivity index (χ4v) is 3.53. The third-order valence-electron chi connectivity index (χ3n) is 3.66. The van der Waals surface area contributed by atoms with Gasteiger partial charge >= 0.3 is 5.97 Å². The minimum atomic E-state index is -3.83. The maximum Gasteiger partial charge on any atom is 0.303 e. The number of benzene rings is 1. The van der Waals surface area contributed by atoms with E-state index >= 15 is 0 Å². The van der Waals surface area contributed by atoms with Gasteiger partial charge in [-0.05, 0) is 44.7 Å². The molecular weight excluding hydrogens is 292 g/mol. The molecular formula is C15H20O5S. The molecule has 1 aliphatic rings. The van der Waals surface area contributed by atoms with Gasteiger partial charge in [0.25, 0.3) is 10.1 Å². The number of hydrogen-bond donors (Lipinski definition) is 0. The monoisotopic (exact) mass is 312 g/mol. The molecule has 0 radical (unpaired) electrons. The van der Waals surface area contributed by atoms with Crippen LogP contribution in [0.1, 0.15) is 38.2 Å². The van der Waals surface area contributed by atoms with Gasteiger partial charge in [-0.3, -0.25) is 8.98 Å². The predicted octanol–water partition coefficient (Wildman–Crippen LogP) is 2.58. The van der Waals surface area contributed by atoms with Crippen molar-refractivity contribution in [2.24, 2.45) is 0 Å². The molecule has 5 nitrogen and oxygen atoms in total. The Morgan fingerprint density at radius 3 is 2.29 bits per heavy atom. The summed E-state index contributed by atoms with van der Waals surface area (Å²) in [7, 11) is -3.83. The second-order valence-corrected chi connectivity index (χ2v) is 7.13. The highest BCUT2D eigenvalue weighted by molar-refractivity contribution is 7.86. The average Bonchev–Trinajstić information content (AvgIpc) is 2.85. The second kappa shape index (κ2) is 6.15. The summed E-state index contributed by atoms with van der Waals surface area (Å²) in [6, 6.07) is 6.46. The van der Waals surface area contributed by atoms with Crippen molar-refractivity contribution in [3.05, 3.63) is 29.8 Å².